The van der Waals surface area contributed by atoms with Crippen molar-refractivity contribution in [1.29, 1.82) is 0 Å². The molecule has 1 aliphatic rings. The van der Waals surface area contributed by atoms with Gasteiger partial charge in [-0.05, 0) is 70.6 Å². The summed E-state index contributed by atoms with van der Waals surface area (Å²) in [4.78, 5) is 30.0. The average Bonchev–Trinajstić information content (AvgIpc) is 2.78. The van der Waals surface area contributed by atoms with E-state index >= 15 is 0 Å². The molecule has 1 aromatic heterocycles. The van der Waals surface area contributed by atoms with E-state index in [2.05, 4.69) is 10.3 Å². The molecule has 3 rings (SSSR count). The molecule has 1 fully saturated rings. The van der Waals surface area contributed by atoms with Crippen molar-refractivity contribution in [3.05, 3.63) is 24.4 Å². The van der Waals surface area contributed by atoms with Crippen LogP contribution in [0.4, 0.5) is 10.5 Å². The van der Waals surface area contributed by atoms with Gasteiger partial charge in [0.1, 0.15) is 11.4 Å². The van der Waals surface area contributed by atoms with Crippen LogP contribution in [-0.4, -0.2) is 47.9 Å². The monoisotopic (exact) mass is 459 g/mol. The highest BCUT2D eigenvalue weighted by atomic mass is 16.6. The number of aromatic hydroxyl groups is 1. The third kappa shape index (κ3) is 7.23. The Morgan fingerprint density at radius 3 is 2.48 bits per heavy atom. The lowest BCUT2D eigenvalue weighted by atomic mass is 9.85. The zero-order chi connectivity index (χ0) is 24.6. The number of carbonyl (C=O) groups excluding carboxylic acids is 2. The number of benzene rings is 1. The molecule has 2 amide bonds. The molecule has 33 heavy (non-hydrogen) atoms. The highest BCUT2D eigenvalue weighted by Crippen LogP contribution is 2.37. The number of pyridine rings is 1. The van der Waals surface area contributed by atoms with Crippen LogP contribution in [0, 0.1) is 5.92 Å². The second kappa shape index (κ2) is 11.7. The molecular formula is C25H37N3O5. The quantitative estimate of drug-likeness (QED) is 0.588. The third-order valence-electron chi connectivity index (χ3n) is 5.45. The molecule has 8 heteroatoms. The van der Waals surface area contributed by atoms with Crippen molar-refractivity contribution in [2.24, 2.45) is 5.92 Å². The van der Waals surface area contributed by atoms with E-state index in [9.17, 15) is 14.7 Å². The first kappa shape index (κ1) is 26.2. The Bertz CT molecular complexity index is 934. The Morgan fingerprint density at radius 1 is 1.24 bits per heavy atom. The molecule has 182 valence electrons. The summed E-state index contributed by atoms with van der Waals surface area (Å²) in [6.45, 7) is 10.0. The van der Waals surface area contributed by atoms with Crippen LogP contribution < -0.4 is 15.0 Å². The van der Waals surface area contributed by atoms with Gasteiger partial charge in [-0.2, -0.15) is 0 Å². The van der Waals surface area contributed by atoms with E-state index in [0.29, 0.717) is 28.9 Å². The number of carbonyl (C=O) groups is 2. The molecule has 1 saturated carbocycles. The van der Waals surface area contributed by atoms with Crippen LogP contribution in [0.1, 0.15) is 60.3 Å². The highest BCUT2D eigenvalue weighted by molar-refractivity contribution is 6.00. The third-order valence-corrected chi connectivity index (χ3v) is 5.45. The maximum atomic E-state index is 12.0. The number of anilines is 1. The van der Waals surface area contributed by atoms with Gasteiger partial charge in [0.2, 0.25) is 6.41 Å². The van der Waals surface area contributed by atoms with Gasteiger partial charge in [-0.3, -0.25) is 9.78 Å². The number of aromatic nitrogens is 1. The first-order valence-electron chi connectivity index (χ1n) is 11.6. The van der Waals surface area contributed by atoms with Crippen LogP contribution in [0.2, 0.25) is 0 Å². The number of nitrogens with zero attached hydrogens (tertiary/aromatic N) is 2. The van der Waals surface area contributed by atoms with Gasteiger partial charge in [-0.25, -0.2) is 4.79 Å². The van der Waals surface area contributed by atoms with Crippen molar-refractivity contribution >= 4 is 29.1 Å². The fraction of sp³-hybridized carbons (Fsp3) is 0.560. The Labute approximate surface area is 196 Å². The van der Waals surface area contributed by atoms with Crippen molar-refractivity contribution in [3.63, 3.8) is 0 Å². The topological polar surface area (TPSA) is 101 Å². The highest BCUT2D eigenvalue weighted by Gasteiger charge is 2.27. The number of alkyl carbamates (subject to hydrolysis) is 1. The maximum Gasteiger partial charge on any atom is 0.407 e. The van der Waals surface area contributed by atoms with Crippen molar-refractivity contribution in [1.82, 2.24) is 10.3 Å². The lowest BCUT2D eigenvalue weighted by molar-refractivity contribution is -0.107. The Kier molecular flexibility index (Phi) is 9.32. The van der Waals surface area contributed by atoms with Gasteiger partial charge in [0, 0.05) is 18.0 Å². The van der Waals surface area contributed by atoms with E-state index < -0.39 is 11.7 Å². The molecule has 0 saturated heterocycles. The molecule has 2 aromatic rings. The molecule has 1 heterocycles. The van der Waals surface area contributed by atoms with Crippen LogP contribution in [-0.2, 0) is 9.53 Å². The molecule has 0 spiro atoms. The lowest BCUT2D eigenvalue weighted by Gasteiger charge is -2.32. The Balaban J connectivity index is 0.00000187. The Hall–Kier alpha value is -3.03. The van der Waals surface area contributed by atoms with Crippen molar-refractivity contribution < 1.29 is 24.2 Å². The molecule has 0 bridgehead atoms. The molecule has 0 aliphatic heterocycles. The van der Waals surface area contributed by atoms with E-state index in [0.717, 1.165) is 32.1 Å². The number of amides is 2. The number of rotatable bonds is 6. The fourth-order valence-electron chi connectivity index (χ4n) is 4.02. The molecule has 8 nitrogen and oxygen atoms in total. The summed E-state index contributed by atoms with van der Waals surface area (Å²) in [6, 6.07) is 4.95. The first-order chi connectivity index (χ1) is 15.7. The van der Waals surface area contributed by atoms with E-state index in [4.69, 9.17) is 9.47 Å². The molecule has 1 aromatic carbocycles. The minimum atomic E-state index is -0.521. The van der Waals surface area contributed by atoms with Crippen LogP contribution >= 0.6 is 0 Å². The van der Waals surface area contributed by atoms with E-state index in [1.165, 1.54) is 7.11 Å². The molecule has 0 atom stereocenters. The predicted molar refractivity (Wildman–Crippen MR) is 130 cm³/mol. The first-order valence-corrected chi connectivity index (χ1v) is 11.6. The summed E-state index contributed by atoms with van der Waals surface area (Å²) in [5.74, 6) is 0.862. The number of methoxy groups -OCH3 is 1. The second-order valence-corrected chi connectivity index (χ2v) is 9.00. The van der Waals surface area contributed by atoms with Crippen LogP contribution in [0.15, 0.2) is 24.4 Å². The molecular weight excluding hydrogens is 422 g/mol. The van der Waals surface area contributed by atoms with Gasteiger partial charge in [-0.15, -0.1) is 0 Å². The molecule has 1 aliphatic carbocycles. The summed E-state index contributed by atoms with van der Waals surface area (Å²) in [7, 11) is 1.53. The molecule has 0 unspecified atom stereocenters. The van der Waals surface area contributed by atoms with E-state index in [1.807, 2.05) is 34.6 Å². The minimum Gasteiger partial charge on any atom is -0.508 e. The number of phenols is 1. The van der Waals surface area contributed by atoms with Crippen LogP contribution in [0.3, 0.4) is 0 Å². The van der Waals surface area contributed by atoms with E-state index in [1.54, 1.807) is 29.3 Å². The normalized spacial score (nSPS) is 18.0. The summed E-state index contributed by atoms with van der Waals surface area (Å²) >= 11 is 0. The van der Waals surface area contributed by atoms with Crippen molar-refractivity contribution in [2.75, 3.05) is 18.6 Å². The number of nitrogens with one attached hydrogen (secondary N) is 1. The van der Waals surface area contributed by atoms with Gasteiger partial charge in [-0.1, -0.05) is 13.8 Å². The number of fused-ring (bicyclic) bond motifs is 1. The lowest BCUT2D eigenvalue weighted by Crippen LogP contribution is -2.42. The molecule has 2 N–H and O–H groups in total. The number of ether oxygens (including phenoxy) is 2. The van der Waals surface area contributed by atoms with Gasteiger partial charge in [0.15, 0.2) is 5.75 Å². The van der Waals surface area contributed by atoms with Gasteiger partial charge < -0.3 is 24.8 Å². The second-order valence-electron chi connectivity index (χ2n) is 9.00. The van der Waals surface area contributed by atoms with E-state index in [-0.39, 0.29) is 17.7 Å². The maximum absolute atomic E-state index is 12.0. The fourth-order valence-corrected chi connectivity index (χ4v) is 4.02. The Morgan fingerprint density at radius 2 is 1.91 bits per heavy atom. The zero-order valence-electron chi connectivity index (χ0n) is 20.6. The van der Waals surface area contributed by atoms with Crippen LogP contribution in [0.5, 0.6) is 11.5 Å². The standard InChI is InChI=1S/C23H31N3O5.C2H6/c1-23(2,3)31-22(29)25-16-7-5-15(6-8-16)13-26(14-27)21-18-11-17(28)9-10-19(18)24-12-20(21)30-4;1-2/h9-12,14-16,28H,5-8,13H2,1-4H3,(H,25,29);1-2H3. The number of hydrogen-bond donors (Lipinski definition) is 2. The average molecular weight is 460 g/mol. The summed E-state index contributed by atoms with van der Waals surface area (Å²) in [5.41, 5.74) is 0.755. The summed E-state index contributed by atoms with van der Waals surface area (Å²) in [6.07, 6.45) is 5.40. The van der Waals surface area contributed by atoms with Gasteiger partial charge in [0.25, 0.3) is 0 Å². The van der Waals surface area contributed by atoms with Crippen LogP contribution in [0.25, 0.3) is 10.9 Å². The SMILES string of the molecule is CC.COc1cnc2ccc(O)cc2c1N(C=O)CC1CCC(NC(=O)OC(C)(C)C)CC1. The predicted octanol–water partition coefficient (Wildman–Crippen LogP) is 5.02. The van der Waals surface area contributed by atoms with Crippen molar-refractivity contribution in [3.8, 4) is 11.5 Å². The van der Waals surface area contributed by atoms with Gasteiger partial charge >= 0.3 is 6.09 Å². The zero-order valence-corrected chi connectivity index (χ0v) is 20.6. The van der Waals surface area contributed by atoms with Crippen molar-refractivity contribution in [2.45, 2.75) is 71.9 Å². The summed E-state index contributed by atoms with van der Waals surface area (Å²) < 4.78 is 10.8. The largest absolute Gasteiger partial charge is 0.508 e. The number of hydrogen-bond acceptors (Lipinski definition) is 6. The minimum absolute atomic E-state index is 0.0732. The molecule has 0 radical (unpaired) electrons. The van der Waals surface area contributed by atoms with Gasteiger partial charge in [0.05, 0.1) is 24.5 Å². The smallest absolute Gasteiger partial charge is 0.407 e. The number of phenolic OH excluding ortho intramolecular Hbond substituents is 1. The summed E-state index contributed by atoms with van der Waals surface area (Å²) in [5, 5.41) is 13.5.